The van der Waals surface area contributed by atoms with Gasteiger partial charge in [0.05, 0.1) is 24.2 Å². The van der Waals surface area contributed by atoms with Gasteiger partial charge in [-0.1, -0.05) is 489 Å². The zero-order valence-electron chi connectivity index (χ0n) is 94.5. The normalized spacial score (nSPS) is 13.6. The van der Waals surface area contributed by atoms with Gasteiger partial charge in [-0.15, -0.1) is 0 Å². The number of halogens is 14. The Morgan fingerprint density at radius 1 is 0.197 bits per heavy atom. The standard InChI is InChI=1S/C26H54Si4.C16H30Si2.C15H15F9.C13H22Si.C12H13F5.C12H18.2C11H16/c1-26(2,3)25-21(19-23(27(4,5)6)28(7,8)9)17-16-18-22(25)20-24(29(10,11)12)30(13,14)15;1-16(2,3)15-13(17(4,5)6)11-10-12-14(15)18(7,8)9;1-11(2,3)10-8(13(18,19)12(4,16)17)6-5-7-9(10)14(20,21)15(22,23)24;1-13(2,3)11-9-7-8-10-12(11)14(4,5)6;1-10(2,3)8-6-4-5-7-9(8)11(13,14)12(15,16)17;1-9-7-6-8-10(2)11(9)12(3,4)5;2*1-9-7-5-6-8-10(9)11(2,3)4/h16-18,23-24H,19-20H2,1-15H3;10-12H,1-9H3;5-7H,1-4H3;7-10H,1-6H3;4-7H,1-3H3;6-8H,1-5H3;2*5-8H,1-4H3. The molecular weight excluding hydrogens is 1860 g/mol. The van der Waals surface area contributed by atoms with Crippen molar-refractivity contribution >= 4 is 72.1 Å². The maximum atomic E-state index is 14.0. The first-order valence-corrected chi connectivity index (χ1v) is 73.7. The molecule has 0 aromatic heterocycles. The number of alkyl halides is 14. The summed E-state index contributed by atoms with van der Waals surface area (Å²) >= 11 is 0. The Morgan fingerprint density at radius 3 is 0.657 bits per heavy atom. The Hall–Kier alpha value is -5.70. The van der Waals surface area contributed by atoms with Crippen LogP contribution >= 0.6 is 0 Å². The van der Waals surface area contributed by atoms with Gasteiger partial charge >= 0.3 is 36.0 Å². The average molecular weight is 2040 g/mol. The minimum atomic E-state index is -6.06. The summed E-state index contributed by atoms with van der Waals surface area (Å²) in [6.07, 6.45) is -9.03. The topological polar surface area (TPSA) is 0 Å². The van der Waals surface area contributed by atoms with Crippen LogP contribution in [0.15, 0.2) is 170 Å². The van der Waals surface area contributed by atoms with Crippen LogP contribution in [-0.4, -0.2) is 74.8 Å². The summed E-state index contributed by atoms with van der Waals surface area (Å²) in [5.74, 6) is -19.9. The van der Waals surface area contributed by atoms with Crippen LogP contribution in [0.25, 0.3) is 0 Å². The van der Waals surface area contributed by atoms with Gasteiger partial charge in [-0.25, -0.2) is 0 Å². The van der Waals surface area contributed by atoms with E-state index >= 15 is 0 Å². The number of rotatable bonds is 15. The molecule has 0 spiro atoms. The highest BCUT2D eigenvalue weighted by Crippen LogP contribution is 2.54. The highest BCUT2D eigenvalue weighted by Gasteiger charge is 2.63. The summed E-state index contributed by atoms with van der Waals surface area (Å²) < 4.78 is 184. The van der Waals surface area contributed by atoms with Crippen molar-refractivity contribution in [2.75, 3.05) is 0 Å². The Bertz CT molecular complexity index is 4850. The zero-order valence-corrected chi connectivity index (χ0v) is 102. The summed E-state index contributed by atoms with van der Waals surface area (Å²) in [6.45, 7) is 111. The predicted octanol–water partition coefficient (Wildman–Crippen LogP) is 38.1. The van der Waals surface area contributed by atoms with Crippen molar-refractivity contribution in [1.82, 2.24) is 0 Å². The summed E-state index contributed by atoms with van der Waals surface area (Å²) in [6, 6.07) is 53.0. The maximum Gasteiger partial charge on any atom is 0.458 e. The van der Waals surface area contributed by atoms with E-state index in [4.69, 9.17) is 0 Å². The molecule has 0 nitrogen and oxygen atoms in total. The first-order chi connectivity index (χ1) is 60.4. The lowest BCUT2D eigenvalue weighted by molar-refractivity contribution is -0.290. The molecule has 0 aliphatic carbocycles. The molecule has 8 aromatic rings. The Labute approximate surface area is 833 Å². The molecule has 0 radical (unpaired) electrons. The van der Waals surface area contributed by atoms with E-state index in [2.05, 4.69) is 417 Å². The van der Waals surface area contributed by atoms with Gasteiger partial charge < -0.3 is 0 Å². The number of hydrogen-bond acceptors (Lipinski definition) is 0. The molecule has 0 amide bonds. The van der Waals surface area contributed by atoms with Gasteiger partial charge in [0.15, 0.2) is 0 Å². The molecule has 137 heavy (non-hydrogen) atoms. The van der Waals surface area contributed by atoms with E-state index in [1.54, 1.807) is 58.6 Å². The first-order valence-electron chi connectivity index (χ1n) is 48.9. The van der Waals surface area contributed by atoms with E-state index < -0.39 is 126 Å². The average Bonchev–Trinajstić information content (AvgIpc) is 0.728. The molecule has 0 fully saturated rings. The van der Waals surface area contributed by atoms with Crippen LogP contribution in [0, 0.1) is 27.7 Å². The second kappa shape index (κ2) is 46.6. The summed E-state index contributed by atoms with van der Waals surface area (Å²) in [5, 5.41) is 6.77. The van der Waals surface area contributed by atoms with Gasteiger partial charge in [0.25, 0.3) is 0 Å². The molecule has 0 saturated carbocycles. The molecule has 0 heterocycles. The van der Waals surface area contributed by atoms with Crippen molar-refractivity contribution < 1.29 is 61.5 Å². The monoisotopic (exact) mass is 2040 g/mol. The quantitative estimate of drug-likeness (QED) is 0.0709. The van der Waals surface area contributed by atoms with E-state index in [-0.39, 0.29) is 45.0 Å². The highest BCUT2D eigenvalue weighted by atomic mass is 28.4. The van der Waals surface area contributed by atoms with Crippen LogP contribution in [0.5, 0.6) is 0 Å². The van der Waals surface area contributed by atoms with Crippen LogP contribution in [0.1, 0.15) is 268 Å². The molecule has 0 aliphatic rings. The second-order valence-corrected chi connectivity index (χ2v) is 91.7. The first kappa shape index (κ1) is 129. The second-order valence-electron chi connectivity index (χ2n) is 53.7. The van der Waals surface area contributed by atoms with Crippen molar-refractivity contribution in [1.29, 1.82) is 0 Å². The van der Waals surface area contributed by atoms with E-state index in [0.29, 0.717) is 18.2 Å². The molecule has 21 heteroatoms. The van der Waals surface area contributed by atoms with Gasteiger partial charge in [-0.3, -0.25) is 0 Å². The molecule has 8 rings (SSSR count). The van der Waals surface area contributed by atoms with Gasteiger partial charge in [0, 0.05) is 55.9 Å². The van der Waals surface area contributed by atoms with Crippen LogP contribution < -0.4 is 15.6 Å². The third-order valence-electron chi connectivity index (χ3n) is 25.0. The molecule has 0 N–H and O–H groups in total. The molecule has 0 unspecified atom stereocenters. The van der Waals surface area contributed by atoms with Crippen LogP contribution in [0.3, 0.4) is 0 Å². The number of hydrogen-bond donors (Lipinski definition) is 0. The van der Waals surface area contributed by atoms with E-state index in [9.17, 15) is 61.5 Å². The zero-order chi connectivity index (χ0) is 108. The molecule has 8 aromatic carbocycles. The minimum absolute atomic E-state index is 0.00215. The lowest BCUT2D eigenvalue weighted by atomic mass is 9.76. The van der Waals surface area contributed by atoms with Gasteiger partial charge in [0.1, 0.15) is 0 Å². The molecule has 0 aliphatic heterocycles. The number of benzene rings is 8. The van der Waals surface area contributed by atoms with E-state index in [1.165, 1.54) is 75.5 Å². The lowest BCUT2D eigenvalue weighted by Crippen LogP contribution is -2.52. The minimum Gasteiger partial charge on any atom is -0.200 e. The fourth-order valence-electron chi connectivity index (χ4n) is 19.3. The van der Waals surface area contributed by atoms with Crippen molar-refractivity contribution in [3.63, 3.8) is 0 Å². The molecule has 0 bridgehead atoms. The fraction of sp³-hybridized carbons (Fsp3) is 0.586. The Morgan fingerprint density at radius 2 is 0.416 bits per heavy atom. The number of aryl methyl sites for hydroxylation is 4. The third kappa shape index (κ3) is 38.1. The predicted molar refractivity (Wildman–Crippen MR) is 592 cm³/mol. The largest absolute Gasteiger partial charge is 0.458 e. The smallest absolute Gasteiger partial charge is 0.200 e. The van der Waals surface area contributed by atoms with Gasteiger partial charge in [-0.2, -0.15) is 61.5 Å². The van der Waals surface area contributed by atoms with Crippen LogP contribution in [0.4, 0.5) is 61.5 Å². The Balaban J connectivity index is 0.000000802. The molecule has 0 atom stereocenters. The van der Waals surface area contributed by atoms with Gasteiger partial charge in [-0.05, 0) is 172 Å². The lowest BCUT2D eigenvalue weighted by Gasteiger charge is -2.41. The summed E-state index contributed by atoms with van der Waals surface area (Å²) in [7, 11) is -8.62. The maximum absolute atomic E-state index is 14.0. The van der Waals surface area contributed by atoms with Gasteiger partial charge in [0.2, 0.25) is 0 Å². The van der Waals surface area contributed by atoms with Crippen molar-refractivity contribution in [2.45, 2.75) is 441 Å². The van der Waals surface area contributed by atoms with Crippen molar-refractivity contribution in [2.24, 2.45) is 0 Å². The fourth-order valence-corrected chi connectivity index (χ4v) is 49.1. The summed E-state index contributed by atoms with van der Waals surface area (Å²) in [4.78, 5) is 0. The Kier molecular flexibility index (Phi) is 43.9. The SMILES string of the molecule is CC(C)(C)c1c(C(F)(F)C(C)(F)F)cccc1C(F)(F)C(F)(F)F.CC(C)(C)c1c(CC([Si](C)(C)C)[Si](C)(C)C)cccc1CC([Si](C)(C)C)[Si](C)(C)C.CC(C)(C)c1c([Si](C)(C)C)cccc1[Si](C)(C)C.CC(C)(C)c1ccccc1C(F)(F)C(F)(F)F.CC(C)(C)c1ccccc1[Si](C)(C)C.Cc1cccc(C)c1C(C)(C)C.Cc1ccccc1C(C)(C)C.Cc1ccccc1C(C)(C)C. The molecular formula is C116H184F14Si7. The van der Waals surface area contributed by atoms with E-state index in [1.807, 2.05) is 0 Å². The van der Waals surface area contributed by atoms with Crippen LogP contribution in [-0.2, 0) is 73.9 Å². The van der Waals surface area contributed by atoms with Crippen LogP contribution in [0.2, 0.25) is 148 Å². The molecule has 774 valence electrons. The van der Waals surface area contributed by atoms with Crippen molar-refractivity contribution in [3.8, 4) is 0 Å². The highest BCUT2D eigenvalue weighted by molar-refractivity contribution is 6.97. The summed E-state index contributed by atoms with van der Waals surface area (Å²) in [5.41, 5.74) is 11.9. The van der Waals surface area contributed by atoms with Crippen molar-refractivity contribution in [3.05, 3.63) is 264 Å². The molecule has 0 saturated heterocycles. The van der Waals surface area contributed by atoms with E-state index in [0.717, 1.165) is 37.2 Å². The third-order valence-corrected chi connectivity index (χ3v) is 50.6.